The topological polar surface area (TPSA) is 121 Å². The molecule has 45 heavy (non-hydrogen) atoms. The van der Waals surface area contributed by atoms with Gasteiger partial charge in [-0.05, 0) is 85.4 Å². The largest absolute Gasteiger partial charge is 0.366 e. The number of nitrogens with one attached hydrogen (secondary N) is 2. The van der Waals surface area contributed by atoms with Crippen molar-refractivity contribution in [1.82, 2.24) is 14.8 Å². The average Bonchev–Trinajstić information content (AvgIpc) is 2.97. The van der Waals surface area contributed by atoms with Gasteiger partial charge in [0, 0.05) is 70.0 Å². The smallest absolute Gasteiger partial charge is 0.322 e. The van der Waals surface area contributed by atoms with Crippen LogP contribution in [0.3, 0.4) is 0 Å². The van der Waals surface area contributed by atoms with E-state index in [1.165, 1.54) is 12.1 Å². The molecule has 4 N–H and O–H groups in total. The molecular weight excluding hydrogens is 630 g/mol. The van der Waals surface area contributed by atoms with Crippen LogP contribution in [0.15, 0.2) is 58.5 Å². The molecule has 13 heteroatoms. The number of unbranched alkanes of at least 4 members (excludes halogenated alkanes) is 1. The van der Waals surface area contributed by atoms with Crippen LogP contribution in [0.2, 0.25) is 0 Å². The molecule has 3 amide bonds. The van der Waals surface area contributed by atoms with Gasteiger partial charge in [0.25, 0.3) is 0 Å². The summed E-state index contributed by atoms with van der Waals surface area (Å²) in [5.74, 6) is 2.32. The Morgan fingerprint density at radius 3 is 2.49 bits per heavy atom. The second-order valence-electron chi connectivity index (χ2n) is 11.4. The lowest BCUT2D eigenvalue weighted by Gasteiger charge is -2.38. The van der Waals surface area contributed by atoms with Crippen molar-refractivity contribution in [2.24, 2.45) is 5.73 Å². The minimum absolute atomic E-state index is 0.0180. The predicted octanol–water partition coefficient (Wildman–Crippen LogP) is 5.25. The van der Waals surface area contributed by atoms with Gasteiger partial charge < -0.3 is 20.7 Å². The van der Waals surface area contributed by atoms with E-state index in [9.17, 15) is 18.2 Å². The summed E-state index contributed by atoms with van der Waals surface area (Å²) in [4.78, 5) is 35.2. The van der Waals surface area contributed by atoms with E-state index >= 15 is 0 Å². The fraction of sp³-hybridized carbons (Fsp3) is 0.375. The molecule has 1 aliphatic rings. The first kappa shape index (κ1) is 34.7. The van der Waals surface area contributed by atoms with Crippen molar-refractivity contribution in [3.63, 3.8) is 0 Å². The molecule has 2 atom stereocenters. The standard InChI is InChI=1S/C32H42FN6O3PS2/c1-5-6-15-39(32(41)36-28-18-26(31(34)40)29(43)19-27(28)33)24-13-16-38(17-14-24)20-22-7-12-30(35-21(22)2)44-25-10-8-23(9-11-25)37-45(3,4)42/h7-12,18-19,24H,3,5-6,13-17,20,43H2,1-2,4H3,(H2,34,40)(H,36,41)(H,37,42). The summed E-state index contributed by atoms with van der Waals surface area (Å²) in [5.41, 5.74) is 8.41. The van der Waals surface area contributed by atoms with Crippen molar-refractivity contribution in [2.75, 3.05) is 35.9 Å². The number of carbonyl (C=O) groups excluding carboxylic acids is 2. The molecule has 1 aliphatic heterocycles. The van der Waals surface area contributed by atoms with Gasteiger partial charge >= 0.3 is 6.03 Å². The van der Waals surface area contributed by atoms with Gasteiger partial charge in [-0.15, -0.1) is 9.24 Å². The number of nitrogens with two attached hydrogens (primary N) is 1. The van der Waals surface area contributed by atoms with Crippen molar-refractivity contribution < 1.29 is 18.2 Å². The number of carbonyl (C=O) groups is 2. The quantitative estimate of drug-likeness (QED) is 0.179. The summed E-state index contributed by atoms with van der Waals surface area (Å²) in [6.07, 6.45) is 4.91. The highest BCUT2D eigenvalue weighted by Crippen LogP contribution is 2.29. The van der Waals surface area contributed by atoms with Crippen LogP contribution >= 0.6 is 21.0 Å². The molecule has 3 aromatic rings. The Balaban J connectivity index is 1.35. The summed E-state index contributed by atoms with van der Waals surface area (Å²) in [5, 5.41) is 3.93. The van der Waals surface area contributed by atoms with Crippen molar-refractivity contribution >= 4 is 65.2 Å². The van der Waals surface area contributed by atoms with Gasteiger partial charge in [0.1, 0.15) is 10.8 Å². The first-order valence-electron chi connectivity index (χ1n) is 14.9. The highest BCUT2D eigenvalue weighted by Gasteiger charge is 2.29. The zero-order valence-corrected chi connectivity index (χ0v) is 28.8. The number of aryl methyl sites for hydroxylation is 1. The number of hydrogen-bond acceptors (Lipinski definition) is 6. The third-order valence-electron chi connectivity index (χ3n) is 7.63. The number of amides is 3. The highest BCUT2D eigenvalue weighted by atomic mass is 32.2. The maximum Gasteiger partial charge on any atom is 0.322 e. The lowest BCUT2D eigenvalue weighted by atomic mass is 10.0. The lowest BCUT2D eigenvalue weighted by molar-refractivity contribution is 0.100. The van der Waals surface area contributed by atoms with Gasteiger partial charge in [-0.25, -0.2) is 18.4 Å². The minimum Gasteiger partial charge on any atom is -0.366 e. The fourth-order valence-electron chi connectivity index (χ4n) is 5.25. The predicted molar refractivity (Wildman–Crippen MR) is 188 cm³/mol. The van der Waals surface area contributed by atoms with Crippen molar-refractivity contribution in [3.8, 4) is 0 Å². The number of nitrogens with zero attached hydrogens (tertiary/aromatic N) is 3. The second-order valence-corrected chi connectivity index (χ2v) is 15.3. The summed E-state index contributed by atoms with van der Waals surface area (Å²) in [7, 11) is -0.0311. The molecule has 4 rings (SSSR count). The Morgan fingerprint density at radius 2 is 1.89 bits per heavy atom. The molecule has 1 saturated heterocycles. The summed E-state index contributed by atoms with van der Waals surface area (Å²) < 4.78 is 29.5. The Labute approximate surface area is 272 Å². The van der Waals surface area contributed by atoms with E-state index in [2.05, 4.69) is 43.0 Å². The molecule has 9 nitrogen and oxygen atoms in total. The highest BCUT2D eigenvalue weighted by molar-refractivity contribution is 8.00. The summed E-state index contributed by atoms with van der Waals surface area (Å²) in [6, 6.07) is 14.0. The van der Waals surface area contributed by atoms with Crippen molar-refractivity contribution in [1.29, 1.82) is 0 Å². The molecule has 0 aliphatic carbocycles. The maximum absolute atomic E-state index is 14.7. The molecule has 2 aromatic carbocycles. The zero-order chi connectivity index (χ0) is 32.7. The molecule has 242 valence electrons. The Hall–Kier alpha value is -3.18. The van der Waals surface area contributed by atoms with E-state index in [1.54, 1.807) is 22.9 Å². The van der Waals surface area contributed by atoms with Crippen LogP contribution in [0.1, 0.15) is 54.2 Å². The van der Waals surface area contributed by atoms with Gasteiger partial charge in [-0.3, -0.25) is 9.69 Å². The number of primary amides is 1. The zero-order valence-electron chi connectivity index (χ0n) is 26.0. The number of piperidine rings is 1. The Bertz CT molecular complexity index is 1630. The van der Waals surface area contributed by atoms with Crippen molar-refractivity contribution in [3.05, 3.63) is 71.2 Å². The molecule has 0 radical (unpaired) electrons. The van der Waals surface area contributed by atoms with E-state index in [0.717, 1.165) is 72.2 Å². The number of benzene rings is 2. The van der Waals surface area contributed by atoms with Gasteiger partial charge in [0.15, 0.2) is 0 Å². The molecule has 1 aromatic heterocycles. The van der Waals surface area contributed by atoms with Gasteiger partial charge in [-0.2, -0.15) is 0 Å². The van der Waals surface area contributed by atoms with Gasteiger partial charge in [0.2, 0.25) is 5.91 Å². The molecule has 0 spiro atoms. The molecular formula is C32H42FN6O3PS2. The first-order chi connectivity index (χ1) is 21.3. The number of urea groups is 1. The van der Waals surface area contributed by atoms with Crippen LogP contribution < -0.4 is 21.1 Å². The SMILES string of the molecule is C=S(C)(=O)Nc1ccc(Sc2ccc(CN3CCC(N(CCCC)C(=O)Nc4cc(C(N)=O)c(P)cc4F)CC3)c(C)n2)cc1. The second kappa shape index (κ2) is 15.4. The van der Waals surface area contributed by atoms with Crippen LogP contribution in [-0.4, -0.2) is 68.7 Å². The fourth-order valence-corrected chi connectivity index (χ4v) is 7.08. The molecule has 0 saturated carbocycles. The van der Waals surface area contributed by atoms with Crippen LogP contribution in [0, 0.1) is 12.7 Å². The molecule has 2 heterocycles. The number of halogens is 1. The molecule has 0 bridgehead atoms. The van der Waals surface area contributed by atoms with Crippen LogP contribution in [-0.2, 0) is 16.3 Å². The minimum atomic E-state index is -2.32. The maximum atomic E-state index is 14.7. The number of likely N-dealkylation sites (tertiary alicyclic amines) is 1. The Morgan fingerprint density at radius 1 is 1.20 bits per heavy atom. The van der Waals surface area contributed by atoms with E-state index < -0.39 is 21.4 Å². The number of rotatable bonds is 12. The van der Waals surface area contributed by atoms with Gasteiger partial charge in [-0.1, -0.05) is 31.2 Å². The van der Waals surface area contributed by atoms with Crippen LogP contribution in [0.25, 0.3) is 0 Å². The molecule has 1 fully saturated rings. The number of hydrogen-bond donors (Lipinski definition) is 3. The Kier molecular flexibility index (Phi) is 11.9. The van der Waals surface area contributed by atoms with E-state index in [0.29, 0.717) is 11.8 Å². The van der Waals surface area contributed by atoms with E-state index in [4.69, 9.17) is 10.7 Å². The van der Waals surface area contributed by atoms with E-state index in [-0.39, 0.29) is 23.3 Å². The van der Waals surface area contributed by atoms with Crippen LogP contribution in [0.4, 0.5) is 20.6 Å². The molecule has 2 unspecified atom stereocenters. The lowest BCUT2D eigenvalue weighted by Crippen LogP contribution is -2.49. The van der Waals surface area contributed by atoms with Crippen LogP contribution in [0.5, 0.6) is 0 Å². The number of pyridine rings is 1. The van der Waals surface area contributed by atoms with Gasteiger partial charge in [0.05, 0.1) is 5.69 Å². The summed E-state index contributed by atoms with van der Waals surface area (Å²) >= 11 is 1.57. The van der Waals surface area contributed by atoms with Crippen molar-refractivity contribution in [2.45, 2.75) is 62.0 Å². The monoisotopic (exact) mass is 672 g/mol. The number of aromatic nitrogens is 1. The van der Waals surface area contributed by atoms with E-state index in [1.807, 2.05) is 37.3 Å². The third kappa shape index (κ3) is 9.90. The average molecular weight is 673 g/mol. The number of anilines is 2. The first-order valence-corrected chi connectivity index (χ1v) is 18.4. The normalized spacial score (nSPS) is 15.3. The summed E-state index contributed by atoms with van der Waals surface area (Å²) in [6.45, 7) is 7.05. The third-order valence-corrected chi connectivity index (χ3v) is 9.72.